The molecule has 0 bridgehead atoms. The first kappa shape index (κ1) is 14.0. The van der Waals surface area contributed by atoms with Crippen LogP contribution in [-0.4, -0.2) is 50.2 Å². The molecule has 0 atom stereocenters. The minimum absolute atomic E-state index is 0.341. The van der Waals surface area contributed by atoms with Crippen LogP contribution in [0.5, 0.6) is 5.75 Å². The van der Waals surface area contributed by atoms with Gasteiger partial charge < -0.3 is 9.64 Å². The van der Waals surface area contributed by atoms with Crippen LogP contribution in [0.3, 0.4) is 0 Å². The Bertz CT molecular complexity index is 428. The Labute approximate surface area is 106 Å². The largest absolute Gasteiger partial charge is 0.497 e. The van der Waals surface area contributed by atoms with E-state index in [9.17, 15) is 9.59 Å². The smallest absolute Gasteiger partial charge is 0.351 e. The minimum Gasteiger partial charge on any atom is -0.497 e. The Kier molecular flexibility index (Phi) is 4.67. The first-order chi connectivity index (χ1) is 8.51. The monoisotopic (exact) mass is 252 g/mol. The molecule has 18 heavy (non-hydrogen) atoms. The number of amides is 3. The summed E-state index contributed by atoms with van der Waals surface area (Å²) in [6, 6.07) is 5.87. The van der Waals surface area contributed by atoms with Gasteiger partial charge in [0.15, 0.2) is 0 Å². The lowest BCUT2D eigenvalue weighted by atomic mass is 10.2. The summed E-state index contributed by atoms with van der Waals surface area (Å²) in [6.07, 6.45) is 0. The SMILES string of the molecule is COc1ccc(C(=O)N(OC)C(=O)N(C)C)cc1. The van der Waals surface area contributed by atoms with Gasteiger partial charge >= 0.3 is 6.03 Å². The molecule has 0 N–H and O–H groups in total. The second-order valence-corrected chi connectivity index (χ2v) is 3.69. The summed E-state index contributed by atoms with van der Waals surface area (Å²) in [5, 5.41) is 0.696. The third kappa shape index (κ3) is 2.98. The summed E-state index contributed by atoms with van der Waals surface area (Å²) in [5.74, 6) is 0.105. The van der Waals surface area contributed by atoms with E-state index in [1.165, 1.54) is 33.2 Å². The maximum Gasteiger partial charge on any atom is 0.351 e. The van der Waals surface area contributed by atoms with Crippen molar-refractivity contribution >= 4 is 11.9 Å². The molecular formula is C12H16N2O4. The van der Waals surface area contributed by atoms with Gasteiger partial charge in [-0.25, -0.2) is 4.79 Å². The van der Waals surface area contributed by atoms with Crippen LogP contribution in [0.25, 0.3) is 0 Å². The number of benzene rings is 1. The van der Waals surface area contributed by atoms with Gasteiger partial charge in [-0.2, -0.15) is 0 Å². The summed E-state index contributed by atoms with van der Waals surface area (Å²) in [4.78, 5) is 29.8. The number of imide groups is 1. The molecule has 0 saturated heterocycles. The van der Waals surface area contributed by atoms with Gasteiger partial charge in [0.2, 0.25) is 0 Å². The van der Waals surface area contributed by atoms with Gasteiger partial charge in [-0.15, -0.1) is 5.06 Å². The number of carbonyl (C=O) groups is 2. The predicted octanol–water partition coefficient (Wildman–Crippen LogP) is 1.38. The normalized spacial score (nSPS) is 9.78. The number of urea groups is 1. The summed E-state index contributed by atoms with van der Waals surface area (Å²) >= 11 is 0. The van der Waals surface area contributed by atoms with Gasteiger partial charge in [0.1, 0.15) is 5.75 Å². The molecule has 1 aromatic rings. The van der Waals surface area contributed by atoms with E-state index >= 15 is 0 Å². The van der Waals surface area contributed by atoms with Crippen molar-refractivity contribution in [2.75, 3.05) is 28.3 Å². The zero-order valence-corrected chi connectivity index (χ0v) is 10.8. The second-order valence-electron chi connectivity index (χ2n) is 3.69. The minimum atomic E-state index is -0.543. The van der Waals surface area contributed by atoms with Gasteiger partial charge in [-0.05, 0) is 24.3 Å². The highest BCUT2D eigenvalue weighted by Crippen LogP contribution is 2.13. The molecule has 6 heteroatoms. The van der Waals surface area contributed by atoms with Crippen LogP contribution in [0.1, 0.15) is 10.4 Å². The fourth-order valence-corrected chi connectivity index (χ4v) is 1.28. The highest BCUT2D eigenvalue weighted by atomic mass is 16.7. The van der Waals surface area contributed by atoms with E-state index in [1.807, 2.05) is 0 Å². The summed E-state index contributed by atoms with van der Waals surface area (Å²) < 4.78 is 4.99. The van der Waals surface area contributed by atoms with Crippen LogP contribution in [-0.2, 0) is 4.84 Å². The Balaban J connectivity index is 2.92. The Morgan fingerprint density at radius 3 is 2.00 bits per heavy atom. The van der Waals surface area contributed by atoms with E-state index in [1.54, 1.807) is 24.3 Å². The number of nitrogens with zero attached hydrogens (tertiary/aromatic N) is 2. The van der Waals surface area contributed by atoms with Crippen molar-refractivity contribution in [2.24, 2.45) is 0 Å². The molecular weight excluding hydrogens is 236 g/mol. The summed E-state index contributed by atoms with van der Waals surface area (Å²) in [7, 11) is 5.88. The van der Waals surface area contributed by atoms with Crippen molar-refractivity contribution in [1.82, 2.24) is 9.96 Å². The lowest BCUT2D eigenvalue weighted by molar-refractivity contribution is -0.0655. The number of rotatable bonds is 3. The van der Waals surface area contributed by atoms with E-state index in [0.29, 0.717) is 16.4 Å². The van der Waals surface area contributed by atoms with Gasteiger partial charge in [-0.3, -0.25) is 9.63 Å². The van der Waals surface area contributed by atoms with Crippen LogP contribution in [0.2, 0.25) is 0 Å². The lowest BCUT2D eigenvalue weighted by Gasteiger charge is -2.21. The lowest BCUT2D eigenvalue weighted by Crippen LogP contribution is -2.42. The molecule has 0 heterocycles. The third-order valence-electron chi connectivity index (χ3n) is 2.26. The third-order valence-corrected chi connectivity index (χ3v) is 2.26. The molecule has 6 nitrogen and oxygen atoms in total. The first-order valence-electron chi connectivity index (χ1n) is 5.25. The van der Waals surface area contributed by atoms with Crippen LogP contribution in [0.15, 0.2) is 24.3 Å². The van der Waals surface area contributed by atoms with Crippen LogP contribution in [0, 0.1) is 0 Å². The molecule has 0 unspecified atom stereocenters. The molecule has 0 aliphatic rings. The van der Waals surface area contributed by atoms with E-state index < -0.39 is 11.9 Å². The molecule has 0 fully saturated rings. The quantitative estimate of drug-likeness (QED) is 0.762. The predicted molar refractivity (Wildman–Crippen MR) is 65.3 cm³/mol. The fraction of sp³-hybridized carbons (Fsp3) is 0.333. The molecule has 0 aliphatic carbocycles. The van der Waals surface area contributed by atoms with Crippen LogP contribution >= 0.6 is 0 Å². The average Bonchev–Trinajstić information content (AvgIpc) is 2.39. The number of hydroxylamine groups is 2. The summed E-state index contributed by atoms with van der Waals surface area (Å²) in [6.45, 7) is 0. The van der Waals surface area contributed by atoms with Gasteiger partial charge in [0.05, 0.1) is 14.2 Å². The molecule has 0 radical (unpaired) electrons. The maximum atomic E-state index is 12.0. The van der Waals surface area contributed by atoms with Gasteiger partial charge in [-0.1, -0.05) is 0 Å². The molecule has 0 saturated carbocycles. The highest BCUT2D eigenvalue weighted by Gasteiger charge is 2.24. The van der Waals surface area contributed by atoms with Crippen molar-refractivity contribution < 1.29 is 19.2 Å². The standard InChI is InChI=1S/C12H16N2O4/c1-13(2)12(16)14(18-4)11(15)9-5-7-10(17-3)8-6-9/h5-8H,1-4H3. The number of hydrogen-bond acceptors (Lipinski definition) is 4. The zero-order chi connectivity index (χ0) is 13.7. The number of carbonyl (C=O) groups excluding carboxylic acids is 2. The van der Waals surface area contributed by atoms with Crippen molar-refractivity contribution in [3.05, 3.63) is 29.8 Å². The van der Waals surface area contributed by atoms with E-state index in [0.717, 1.165) is 0 Å². The first-order valence-corrected chi connectivity index (χ1v) is 5.25. The summed E-state index contributed by atoms with van der Waals surface area (Å²) in [5.41, 5.74) is 0.341. The maximum absolute atomic E-state index is 12.0. The molecule has 3 amide bonds. The number of ether oxygens (including phenoxy) is 1. The average molecular weight is 252 g/mol. The number of methoxy groups -OCH3 is 1. The molecule has 98 valence electrons. The Morgan fingerprint density at radius 2 is 1.61 bits per heavy atom. The molecule has 0 aromatic heterocycles. The Hall–Kier alpha value is -2.08. The van der Waals surface area contributed by atoms with Crippen molar-refractivity contribution in [2.45, 2.75) is 0 Å². The molecule has 1 aromatic carbocycles. The molecule has 0 aliphatic heterocycles. The van der Waals surface area contributed by atoms with Crippen molar-refractivity contribution in [3.63, 3.8) is 0 Å². The van der Waals surface area contributed by atoms with Crippen LogP contribution in [0.4, 0.5) is 4.79 Å². The number of hydrogen-bond donors (Lipinski definition) is 0. The highest BCUT2D eigenvalue weighted by molar-refractivity contribution is 6.03. The van der Waals surface area contributed by atoms with Gasteiger partial charge in [0.25, 0.3) is 5.91 Å². The van der Waals surface area contributed by atoms with Crippen molar-refractivity contribution in [1.29, 1.82) is 0 Å². The van der Waals surface area contributed by atoms with Gasteiger partial charge in [0, 0.05) is 19.7 Å². The van der Waals surface area contributed by atoms with Crippen molar-refractivity contribution in [3.8, 4) is 5.75 Å². The molecule has 0 spiro atoms. The topological polar surface area (TPSA) is 59.1 Å². The van der Waals surface area contributed by atoms with E-state index in [2.05, 4.69) is 0 Å². The van der Waals surface area contributed by atoms with E-state index in [4.69, 9.17) is 9.57 Å². The second kappa shape index (κ2) is 6.02. The van der Waals surface area contributed by atoms with Crippen LogP contribution < -0.4 is 4.74 Å². The zero-order valence-electron chi connectivity index (χ0n) is 10.8. The fourth-order valence-electron chi connectivity index (χ4n) is 1.28. The Morgan fingerprint density at radius 1 is 1.06 bits per heavy atom. The molecule has 1 rings (SSSR count). The van der Waals surface area contributed by atoms with E-state index in [-0.39, 0.29) is 0 Å².